The van der Waals surface area contributed by atoms with Gasteiger partial charge in [-0.25, -0.2) is 0 Å². The minimum atomic E-state index is -0.748. The molecule has 0 aliphatic heterocycles. The molecular weight excluding hydrogens is 264 g/mol. The summed E-state index contributed by atoms with van der Waals surface area (Å²) in [4.78, 5) is 15.7. The molecule has 0 aromatic heterocycles. The predicted octanol–water partition coefficient (Wildman–Crippen LogP) is 2.72. The Balaban J connectivity index is 2.95. The molecule has 1 atom stereocenters. The Bertz CT molecular complexity index is 418. The molecule has 118 valence electrons. The van der Waals surface area contributed by atoms with Crippen LogP contribution in [0.25, 0.3) is 0 Å². The lowest BCUT2D eigenvalue weighted by Crippen LogP contribution is -2.38. The third-order valence-electron chi connectivity index (χ3n) is 3.43. The molecule has 4 heteroatoms. The van der Waals surface area contributed by atoms with Crippen LogP contribution in [0, 0.1) is 5.92 Å². The van der Waals surface area contributed by atoms with Crippen LogP contribution in [0.2, 0.25) is 0 Å². The molecule has 0 fully saturated rings. The Morgan fingerprint density at radius 2 is 1.76 bits per heavy atom. The van der Waals surface area contributed by atoms with E-state index in [2.05, 4.69) is 23.6 Å². The monoisotopic (exact) mass is 292 g/mol. The maximum atomic E-state index is 11.3. The van der Waals surface area contributed by atoms with Gasteiger partial charge < -0.3 is 10.0 Å². The van der Waals surface area contributed by atoms with Gasteiger partial charge in [0.05, 0.1) is 6.42 Å². The molecular formula is C17H28N2O2. The number of rotatable bonds is 9. The standard InChI is InChI=1S/C17H28N2O2/c1-14(2)13-19(11-10-18(3)4)16(12-17(20)21)15-8-6-5-7-9-15/h5-9,14,16H,10-13H2,1-4H3,(H,20,21). The first kappa shape index (κ1) is 17.7. The maximum absolute atomic E-state index is 11.3. The summed E-state index contributed by atoms with van der Waals surface area (Å²) in [5.41, 5.74) is 1.08. The largest absolute Gasteiger partial charge is 0.481 e. The lowest BCUT2D eigenvalue weighted by Gasteiger charge is -2.33. The molecule has 0 aliphatic carbocycles. The van der Waals surface area contributed by atoms with Crippen LogP contribution in [-0.4, -0.2) is 54.6 Å². The summed E-state index contributed by atoms with van der Waals surface area (Å²) in [7, 11) is 4.09. The summed E-state index contributed by atoms with van der Waals surface area (Å²) in [6.07, 6.45) is 0.143. The van der Waals surface area contributed by atoms with Crippen molar-refractivity contribution in [1.82, 2.24) is 9.80 Å². The number of carboxylic acids is 1. The molecule has 1 aromatic rings. The van der Waals surface area contributed by atoms with Crippen LogP contribution in [0.1, 0.15) is 31.9 Å². The zero-order valence-electron chi connectivity index (χ0n) is 13.6. The van der Waals surface area contributed by atoms with Crippen LogP contribution in [-0.2, 0) is 4.79 Å². The number of hydrogen-bond acceptors (Lipinski definition) is 3. The number of likely N-dealkylation sites (N-methyl/N-ethyl adjacent to an activating group) is 1. The van der Waals surface area contributed by atoms with Crippen molar-refractivity contribution in [1.29, 1.82) is 0 Å². The first-order valence-corrected chi connectivity index (χ1v) is 7.55. The maximum Gasteiger partial charge on any atom is 0.305 e. The zero-order valence-corrected chi connectivity index (χ0v) is 13.6. The number of nitrogens with zero attached hydrogens (tertiary/aromatic N) is 2. The molecule has 0 saturated carbocycles. The van der Waals surface area contributed by atoms with Gasteiger partial charge >= 0.3 is 5.97 Å². The molecule has 4 nitrogen and oxygen atoms in total. The first-order valence-electron chi connectivity index (χ1n) is 7.55. The summed E-state index contributed by atoms with van der Waals surface area (Å²) in [5.74, 6) is -0.241. The molecule has 1 N–H and O–H groups in total. The SMILES string of the molecule is CC(C)CN(CCN(C)C)C(CC(=O)O)c1ccccc1. The normalized spacial score (nSPS) is 13.1. The summed E-state index contributed by atoms with van der Waals surface area (Å²) in [6.45, 7) is 7.05. The summed E-state index contributed by atoms with van der Waals surface area (Å²) >= 11 is 0. The van der Waals surface area contributed by atoms with Crippen LogP contribution >= 0.6 is 0 Å². The number of hydrogen-bond donors (Lipinski definition) is 1. The van der Waals surface area contributed by atoms with Crippen molar-refractivity contribution in [2.24, 2.45) is 5.92 Å². The van der Waals surface area contributed by atoms with Crippen molar-refractivity contribution in [2.45, 2.75) is 26.3 Å². The van der Waals surface area contributed by atoms with E-state index < -0.39 is 5.97 Å². The van der Waals surface area contributed by atoms with E-state index in [-0.39, 0.29) is 12.5 Å². The van der Waals surface area contributed by atoms with E-state index in [0.717, 1.165) is 25.2 Å². The van der Waals surface area contributed by atoms with Crippen molar-refractivity contribution < 1.29 is 9.90 Å². The third-order valence-corrected chi connectivity index (χ3v) is 3.43. The van der Waals surface area contributed by atoms with Crippen molar-refractivity contribution in [3.63, 3.8) is 0 Å². The highest BCUT2D eigenvalue weighted by molar-refractivity contribution is 5.68. The van der Waals surface area contributed by atoms with Crippen LogP contribution in [0.4, 0.5) is 0 Å². The van der Waals surface area contributed by atoms with E-state index >= 15 is 0 Å². The molecule has 0 saturated heterocycles. The molecule has 0 amide bonds. The number of carboxylic acid groups (broad SMARTS) is 1. The van der Waals surface area contributed by atoms with E-state index in [9.17, 15) is 9.90 Å². The van der Waals surface area contributed by atoms with Crippen LogP contribution in [0.5, 0.6) is 0 Å². The Morgan fingerprint density at radius 1 is 1.14 bits per heavy atom. The Morgan fingerprint density at radius 3 is 2.24 bits per heavy atom. The summed E-state index contributed by atoms with van der Waals surface area (Å²) in [5, 5.41) is 9.27. The fourth-order valence-corrected chi connectivity index (χ4v) is 2.47. The second kappa shape index (κ2) is 8.80. The van der Waals surface area contributed by atoms with Gasteiger partial charge in [0.25, 0.3) is 0 Å². The molecule has 0 radical (unpaired) electrons. The van der Waals surface area contributed by atoms with Gasteiger partial charge in [0, 0.05) is 25.7 Å². The quantitative estimate of drug-likeness (QED) is 0.760. The first-order chi connectivity index (χ1) is 9.90. The highest BCUT2D eigenvalue weighted by Crippen LogP contribution is 2.25. The zero-order chi connectivity index (χ0) is 15.8. The smallest absolute Gasteiger partial charge is 0.305 e. The van der Waals surface area contributed by atoms with Crippen molar-refractivity contribution in [3.05, 3.63) is 35.9 Å². The van der Waals surface area contributed by atoms with Crippen molar-refractivity contribution in [2.75, 3.05) is 33.7 Å². The molecule has 1 rings (SSSR count). The van der Waals surface area contributed by atoms with E-state index in [1.807, 2.05) is 44.4 Å². The van der Waals surface area contributed by atoms with Crippen LogP contribution < -0.4 is 0 Å². The number of benzene rings is 1. The van der Waals surface area contributed by atoms with Gasteiger partial charge in [-0.2, -0.15) is 0 Å². The second-order valence-corrected chi connectivity index (χ2v) is 6.22. The lowest BCUT2D eigenvalue weighted by molar-refractivity contribution is -0.138. The van der Waals surface area contributed by atoms with Gasteiger partial charge in [-0.1, -0.05) is 44.2 Å². The molecule has 21 heavy (non-hydrogen) atoms. The fraction of sp³-hybridized carbons (Fsp3) is 0.588. The average Bonchev–Trinajstić information content (AvgIpc) is 2.41. The highest BCUT2D eigenvalue weighted by Gasteiger charge is 2.23. The molecule has 0 bridgehead atoms. The van der Waals surface area contributed by atoms with E-state index in [1.54, 1.807) is 0 Å². The van der Waals surface area contributed by atoms with Gasteiger partial charge in [0.15, 0.2) is 0 Å². The summed E-state index contributed by atoms with van der Waals surface area (Å²) in [6, 6.07) is 9.90. The molecule has 1 aromatic carbocycles. The minimum absolute atomic E-state index is 0.0638. The number of aliphatic carboxylic acids is 1. The van der Waals surface area contributed by atoms with Crippen molar-refractivity contribution in [3.8, 4) is 0 Å². The molecule has 0 spiro atoms. The van der Waals surface area contributed by atoms with E-state index in [0.29, 0.717) is 5.92 Å². The second-order valence-electron chi connectivity index (χ2n) is 6.22. The Hall–Kier alpha value is -1.39. The molecule has 1 unspecified atom stereocenters. The lowest BCUT2D eigenvalue weighted by atomic mass is 10.0. The van der Waals surface area contributed by atoms with Gasteiger partial charge in [0.2, 0.25) is 0 Å². The topological polar surface area (TPSA) is 43.8 Å². The van der Waals surface area contributed by atoms with E-state index in [1.165, 1.54) is 0 Å². The van der Waals surface area contributed by atoms with E-state index in [4.69, 9.17) is 0 Å². The average molecular weight is 292 g/mol. The van der Waals surface area contributed by atoms with Crippen LogP contribution in [0.3, 0.4) is 0 Å². The summed E-state index contributed by atoms with van der Waals surface area (Å²) < 4.78 is 0. The van der Waals surface area contributed by atoms with Crippen molar-refractivity contribution >= 4 is 5.97 Å². The fourth-order valence-electron chi connectivity index (χ4n) is 2.47. The highest BCUT2D eigenvalue weighted by atomic mass is 16.4. The molecule has 0 aliphatic rings. The van der Waals surface area contributed by atoms with Crippen LogP contribution in [0.15, 0.2) is 30.3 Å². The molecule has 0 heterocycles. The Kier molecular flexibility index (Phi) is 7.40. The van der Waals surface area contributed by atoms with Gasteiger partial charge in [-0.3, -0.25) is 9.69 Å². The predicted molar refractivity (Wildman–Crippen MR) is 86.4 cm³/mol. The van der Waals surface area contributed by atoms with Gasteiger partial charge in [-0.05, 0) is 25.6 Å². The minimum Gasteiger partial charge on any atom is -0.481 e. The third kappa shape index (κ3) is 6.74. The van der Waals surface area contributed by atoms with Gasteiger partial charge in [-0.15, -0.1) is 0 Å². The number of carbonyl (C=O) groups is 1. The Labute approximate surface area is 128 Å². The van der Waals surface area contributed by atoms with Gasteiger partial charge in [0.1, 0.15) is 0 Å².